The summed E-state index contributed by atoms with van der Waals surface area (Å²) in [5, 5.41) is 4.10. The molecule has 0 amide bonds. The highest BCUT2D eigenvalue weighted by Gasteiger charge is 2.37. The van der Waals surface area contributed by atoms with Gasteiger partial charge in [0.1, 0.15) is 0 Å². The van der Waals surface area contributed by atoms with Crippen LogP contribution < -0.4 is 5.73 Å². The van der Waals surface area contributed by atoms with Crippen LogP contribution in [0.4, 0.5) is 0 Å². The van der Waals surface area contributed by atoms with Gasteiger partial charge in [0.2, 0.25) is 5.89 Å². The highest BCUT2D eigenvalue weighted by atomic mass is 16.5. The normalized spacial score (nSPS) is 35.7. The maximum absolute atomic E-state index is 6.44. The lowest BCUT2D eigenvalue weighted by Crippen LogP contribution is -2.40. The Morgan fingerprint density at radius 3 is 2.79 bits per heavy atom. The van der Waals surface area contributed by atoms with E-state index >= 15 is 0 Å². The quantitative estimate of drug-likeness (QED) is 0.905. The molecule has 1 saturated carbocycles. The molecule has 1 aromatic heterocycles. The first kappa shape index (κ1) is 13.1. The van der Waals surface area contributed by atoms with E-state index in [0.29, 0.717) is 11.8 Å². The minimum Gasteiger partial charge on any atom is -0.381 e. The minimum atomic E-state index is -0.399. The van der Waals surface area contributed by atoms with Gasteiger partial charge in [-0.3, -0.25) is 0 Å². The first-order chi connectivity index (χ1) is 9.16. The second-order valence-electron chi connectivity index (χ2n) is 6.29. The van der Waals surface area contributed by atoms with Crippen LogP contribution in [-0.4, -0.2) is 23.4 Å². The van der Waals surface area contributed by atoms with Gasteiger partial charge < -0.3 is 15.0 Å². The van der Waals surface area contributed by atoms with Crippen molar-refractivity contribution in [2.45, 2.75) is 51.0 Å². The predicted molar refractivity (Wildman–Crippen MR) is 70.4 cm³/mol. The molecular formula is C14H23N3O2. The molecule has 3 rings (SSSR count). The second-order valence-corrected chi connectivity index (χ2v) is 6.29. The van der Waals surface area contributed by atoms with Gasteiger partial charge in [0.25, 0.3) is 0 Å². The summed E-state index contributed by atoms with van der Waals surface area (Å²) in [5.41, 5.74) is 6.04. The van der Waals surface area contributed by atoms with E-state index in [2.05, 4.69) is 17.1 Å². The zero-order valence-corrected chi connectivity index (χ0v) is 11.6. The lowest BCUT2D eigenvalue weighted by Gasteiger charge is -2.32. The molecule has 0 bridgehead atoms. The summed E-state index contributed by atoms with van der Waals surface area (Å²) in [6, 6.07) is 0. The number of rotatable bonds is 3. The summed E-state index contributed by atoms with van der Waals surface area (Å²) in [4.78, 5) is 4.54. The average Bonchev–Trinajstić information content (AvgIpc) is 3.05. The van der Waals surface area contributed by atoms with Crippen LogP contribution in [-0.2, 0) is 16.7 Å². The van der Waals surface area contributed by atoms with E-state index in [1.807, 2.05) is 0 Å². The van der Waals surface area contributed by atoms with Crippen molar-refractivity contribution in [2.75, 3.05) is 13.2 Å². The molecule has 0 radical (unpaired) electrons. The molecule has 2 fully saturated rings. The standard InChI is InChI=1S/C14H23N3O2/c1-10-2-5-14(15,6-3-10)13-16-12(17-19-13)8-11-4-7-18-9-11/h10-11H,2-9,15H2,1H3. The van der Waals surface area contributed by atoms with E-state index in [-0.39, 0.29) is 0 Å². The molecule has 5 nitrogen and oxygen atoms in total. The van der Waals surface area contributed by atoms with Crippen LogP contribution in [0, 0.1) is 11.8 Å². The molecule has 19 heavy (non-hydrogen) atoms. The molecule has 2 N–H and O–H groups in total. The molecule has 0 spiro atoms. The van der Waals surface area contributed by atoms with Gasteiger partial charge in [0.05, 0.1) is 5.54 Å². The van der Waals surface area contributed by atoms with Crippen molar-refractivity contribution in [2.24, 2.45) is 17.6 Å². The van der Waals surface area contributed by atoms with Crippen molar-refractivity contribution in [3.63, 3.8) is 0 Å². The number of ether oxygens (including phenoxy) is 1. The number of aromatic nitrogens is 2. The Balaban J connectivity index is 1.66. The zero-order valence-electron chi connectivity index (χ0n) is 11.6. The van der Waals surface area contributed by atoms with Gasteiger partial charge in [-0.25, -0.2) is 0 Å². The average molecular weight is 265 g/mol. The van der Waals surface area contributed by atoms with Gasteiger partial charge in [-0.05, 0) is 43.9 Å². The summed E-state index contributed by atoms with van der Waals surface area (Å²) in [6.45, 7) is 3.95. The largest absolute Gasteiger partial charge is 0.381 e. The molecule has 1 atom stereocenters. The third-order valence-corrected chi connectivity index (χ3v) is 4.56. The summed E-state index contributed by atoms with van der Waals surface area (Å²) in [6.07, 6.45) is 6.12. The second kappa shape index (κ2) is 5.21. The summed E-state index contributed by atoms with van der Waals surface area (Å²) in [7, 11) is 0. The van der Waals surface area contributed by atoms with Gasteiger partial charge in [-0.15, -0.1) is 0 Å². The summed E-state index contributed by atoms with van der Waals surface area (Å²) >= 11 is 0. The topological polar surface area (TPSA) is 74.2 Å². The third-order valence-electron chi connectivity index (χ3n) is 4.56. The van der Waals surface area contributed by atoms with Gasteiger partial charge in [0.15, 0.2) is 5.82 Å². The van der Waals surface area contributed by atoms with Crippen molar-refractivity contribution in [3.8, 4) is 0 Å². The monoisotopic (exact) mass is 265 g/mol. The molecule has 1 unspecified atom stereocenters. The molecule has 2 aliphatic rings. The Morgan fingerprint density at radius 2 is 2.11 bits per heavy atom. The van der Waals surface area contributed by atoms with Crippen LogP contribution in [0.5, 0.6) is 0 Å². The molecule has 1 aromatic rings. The minimum absolute atomic E-state index is 0.399. The zero-order chi connectivity index (χ0) is 13.3. The first-order valence-corrected chi connectivity index (χ1v) is 7.35. The van der Waals surface area contributed by atoms with Gasteiger partial charge in [0, 0.05) is 19.6 Å². The molecule has 5 heteroatoms. The molecule has 1 saturated heterocycles. The number of hydrogen-bond acceptors (Lipinski definition) is 5. The lowest BCUT2D eigenvalue weighted by atomic mass is 9.78. The van der Waals surface area contributed by atoms with Crippen LogP contribution in [0.1, 0.15) is 50.7 Å². The van der Waals surface area contributed by atoms with Crippen molar-refractivity contribution in [1.82, 2.24) is 10.1 Å². The number of nitrogens with zero attached hydrogens (tertiary/aromatic N) is 2. The van der Waals surface area contributed by atoms with Crippen molar-refractivity contribution in [3.05, 3.63) is 11.7 Å². The fourth-order valence-corrected chi connectivity index (χ4v) is 3.03. The van der Waals surface area contributed by atoms with E-state index in [1.165, 1.54) is 0 Å². The van der Waals surface area contributed by atoms with Crippen LogP contribution in [0.15, 0.2) is 4.52 Å². The smallest absolute Gasteiger partial charge is 0.246 e. The van der Waals surface area contributed by atoms with Crippen LogP contribution >= 0.6 is 0 Å². The molecule has 1 aliphatic heterocycles. The van der Waals surface area contributed by atoms with Gasteiger partial charge >= 0.3 is 0 Å². The predicted octanol–water partition coefficient (Wildman–Crippen LogP) is 2.01. The van der Waals surface area contributed by atoms with E-state index in [4.69, 9.17) is 15.0 Å². The number of nitrogens with two attached hydrogens (primary N) is 1. The molecule has 2 heterocycles. The highest BCUT2D eigenvalue weighted by molar-refractivity contribution is 5.04. The van der Waals surface area contributed by atoms with Crippen molar-refractivity contribution >= 4 is 0 Å². The lowest BCUT2D eigenvalue weighted by molar-refractivity contribution is 0.185. The fraction of sp³-hybridized carbons (Fsp3) is 0.857. The SMILES string of the molecule is CC1CCC(N)(c2nc(CC3CCOC3)no2)CC1. The summed E-state index contributed by atoms with van der Waals surface area (Å²) < 4.78 is 10.8. The van der Waals surface area contributed by atoms with E-state index < -0.39 is 5.54 Å². The number of hydrogen-bond donors (Lipinski definition) is 1. The van der Waals surface area contributed by atoms with Gasteiger partial charge in [-0.1, -0.05) is 12.1 Å². The fourth-order valence-electron chi connectivity index (χ4n) is 3.03. The Bertz CT molecular complexity index is 418. The summed E-state index contributed by atoms with van der Waals surface area (Å²) in [5.74, 6) is 2.71. The Labute approximate surface area is 113 Å². The third kappa shape index (κ3) is 2.82. The molecule has 106 valence electrons. The Hall–Kier alpha value is -0.940. The van der Waals surface area contributed by atoms with E-state index in [1.54, 1.807) is 0 Å². The molecule has 0 aromatic carbocycles. The van der Waals surface area contributed by atoms with Crippen LogP contribution in [0.2, 0.25) is 0 Å². The molecular weight excluding hydrogens is 242 g/mol. The van der Waals surface area contributed by atoms with Crippen LogP contribution in [0.3, 0.4) is 0 Å². The Kier molecular flexibility index (Phi) is 3.58. The maximum atomic E-state index is 6.44. The molecule has 1 aliphatic carbocycles. The van der Waals surface area contributed by atoms with E-state index in [9.17, 15) is 0 Å². The van der Waals surface area contributed by atoms with Crippen molar-refractivity contribution < 1.29 is 9.26 Å². The van der Waals surface area contributed by atoms with Crippen molar-refractivity contribution in [1.29, 1.82) is 0 Å². The Morgan fingerprint density at radius 1 is 1.32 bits per heavy atom. The first-order valence-electron chi connectivity index (χ1n) is 7.35. The van der Waals surface area contributed by atoms with Gasteiger partial charge in [-0.2, -0.15) is 4.98 Å². The van der Waals surface area contributed by atoms with E-state index in [0.717, 1.165) is 63.5 Å². The maximum Gasteiger partial charge on any atom is 0.246 e. The van der Waals surface area contributed by atoms with Crippen LogP contribution in [0.25, 0.3) is 0 Å². The highest BCUT2D eigenvalue weighted by Crippen LogP contribution is 2.36.